The van der Waals surface area contributed by atoms with E-state index in [4.69, 9.17) is 50.2 Å². The minimum absolute atomic E-state index is 0.200. The molecule has 0 aliphatic heterocycles. The third kappa shape index (κ3) is 18.4. The Morgan fingerprint density at radius 2 is 0.755 bits per heavy atom. The molecule has 0 bridgehead atoms. The zero-order chi connectivity index (χ0) is 74.4. The number of hydrogen-bond donors (Lipinski definition) is 0. The van der Waals surface area contributed by atoms with Gasteiger partial charge in [-0.05, 0) is 126 Å². The third-order valence-corrected chi connectivity index (χ3v) is 30.5. The first-order valence-electron chi connectivity index (χ1n) is 39.8. The normalized spacial score (nSPS) is 12.6. The number of fused-ring (bicyclic) bond motifs is 4. The molecule has 12 aromatic rings. The van der Waals surface area contributed by atoms with Crippen molar-refractivity contribution in [3.63, 3.8) is 0 Å². The topological polar surface area (TPSA) is 70.0 Å². The molecule has 566 valence electrons. The molecule has 0 saturated carbocycles. The van der Waals surface area contributed by atoms with Gasteiger partial charge in [0.2, 0.25) is 0 Å². The van der Waals surface area contributed by atoms with Crippen molar-refractivity contribution in [3.05, 3.63) is 114 Å². The fourth-order valence-electron chi connectivity index (χ4n) is 15.6. The van der Waals surface area contributed by atoms with Crippen molar-refractivity contribution >= 4 is 157 Å². The van der Waals surface area contributed by atoms with Gasteiger partial charge in [-0.1, -0.05) is 232 Å². The van der Waals surface area contributed by atoms with Gasteiger partial charge in [0.15, 0.2) is 11.6 Å². The summed E-state index contributed by atoms with van der Waals surface area (Å²) in [7, 11) is 0. The van der Waals surface area contributed by atoms with E-state index in [9.17, 15) is 0 Å². The lowest BCUT2D eigenvalue weighted by atomic mass is 9.95. The molecule has 0 amide bonds. The number of aryl methyl sites for hydroxylation is 2. The average Bonchev–Trinajstić information content (AvgIpc) is 1.55. The molecule has 8 heterocycles. The molecule has 12 rings (SSSR count). The van der Waals surface area contributed by atoms with E-state index in [1.807, 2.05) is 69.6 Å². The highest BCUT2D eigenvalue weighted by Gasteiger charge is 2.31. The van der Waals surface area contributed by atoms with Crippen LogP contribution in [0.5, 0.6) is 11.5 Å². The number of hydrogen-bond acceptors (Lipinski definition) is 14. The van der Waals surface area contributed by atoms with Gasteiger partial charge in [-0.25, -0.2) is 8.78 Å². The molecule has 0 aliphatic rings. The van der Waals surface area contributed by atoms with Crippen LogP contribution in [0.2, 0.25) is 10.0 Å². The SMILES string of the molecule is CCCCCCCCCCCCOc1c(C)c(-c2ccc(-c3ccc(-c4ccc(-c5c(OCCCCCCCCCCCC)c(C)c(-c6cc7c(-c8cc(Cl)c(CC(CC)CCCC)s8)c8sc(C)cc8c(-c8cc(Cl)c(CC(CC)CCCC)s8)c7s6)c6nsnc56)s4)c(F)c3F)s2)c2nsnc2c1C. The highest BCUT2D eigenvalue weighted by Crippen LogP contribution is 2.57. The minimum Gasteiger partial charge on any atom is -0.493 e. The van der Waals surface area contributed by atoms with Crippen molar-refractivity contribution in [2.75, 3.05) is 13.2 Å². The van der Waals surface area contributed by atoms with Crippen LogP contribution >= 0.6 is 115 Å². The Morgan fingerprint density at radius 1 is 0.368 bits per heavy atom. The third-order valence-electron chi connectivity index (χ3n) is 21.7. The molecule has 0 fully saturated rings. The summed E-state index contributed by atoms with van der Waals surface area (Å²) in [6, 6.07) is 20.6. The summed E-state index contributed by atoms with van der Waals surface area (Å²) < 4.78 is 70.6. The van der Waals surface area contributed by atoms with Crippen LogP contribution in [-0.2, 0) is 12.8 Å². The van der Waals surface area contributed by atoms with E-state index in [-0.39, 0.29) is 11.1 Å². The van der Waals surface area contributed by atoms with E-state index >= 15 is 8.78 Å². The molecule has 2 atom stereocenters. The largest absolute Gasteiger partial charge is 0.493 e. The van der Waals surface area contributed by atoms with Gasteiger partial charge in [-0.15, -0.1) is 68.0 Å². The zero-order valence-corrected chi connectivity index (χ0v) is 72.0. The molecule has 2 unspecified atom stereocenters. The first kappa shape index (κ1) is 80.8. The average molecular weight is 1620 g/mol. The molecule has 0 saturated heterocycles. The summed E-state index contributed by atoms with van der Waals surface area (Å²) in [5.41, 5.74) is 11.7. The number of rotatable bonds is 43. The van der Waals surface area contributed by atoms with Crippen molar-refractivity contribution in [1.29, 1.82) is 0 Å². The molecule has 4 aromatic carbocycles. The van der Waals surface area contributed by atoms with E-state index in [0.29, 0.717) is 34.8 Å². The Labute approximate surface area is 671 Å². The molecule has 0 spiro atoms. The number of nitrogens with zero attached hydrogens (tertiary/aromatic N) is 4. The van der Waals surface area contributed by atoms with E-state index in [1.165, 1.54) is 237 Å². The monoisotopic (exact) mass is 1610 g/mol. The smallest absolute Gasteiger partial charge is 0.168 e. The van der Waals surface area contributed by atoms with Gasteiger partial charge >= 0.3 is 0 Å². The maximum atomic E-state index is 17.2. The van der Waals surface area contributed by atoms with Gasteiger partial charge in [0, 0.05) is 119 Å². The van der Waals surface area contributed by atoms with E-state index < -0.39 is 11.6 Å². The van der Waals surface area contributed by atoms with Gasteiger partial charge in [-0.2, -0.15) is 17.5 Å². The van der Waals surface area contributed by atoms with Gasteiger partial charge < -0.3 is 9.47 Å². The summed E-state index contributed by atoms with van der Waals surface area (Å²) in [5.74, 6) is 0.952. The van der Waals surface area contributed by atoms with Crippen LogP contribution < -0.4 is 9.47 Å². The second-order valence-corrected chi connectivity index (χ2v) is 38.1. The van der Waals surface area contributed by atoms with Crippen molar-refractivity contribution in [2.24, 2.45) is 11.8 Å². The minimum atomic E-state index is -0.888. The van der Waals surface area contributed by atoms with E-state index in [1.54, 1.807) is 12.1 Å². The predicted octanol–water partition coefficient (Wildman–Crippen LogP) is 33.0. The lowest BCUT2D eigenvalue weighted by Gasteiger charge is -2.17. The number of aromatic nitrogens is 4. The summed E-state index contributed by atoms with van der Waals surface area (Å²) in [6.07, 6.45) is 36.1. The molecule has 0 N–H and O–H groups in total. The Kier molecular flexibility index (Phi) is 29.7. The molecule has 6 nitrogen and oxygen atoms in total. The highest BCUT2D eigenvalue weighted by atomic mass is 35.5. The predicted molar refractivity (Wildman–Crippen MR) is 466 cm³/mol. The van der Waals surface area contributed by atoms with Crippen molar-refractivity contribution in [3.8, 4) is 84.6 Å². The summed E-state index contributed by atoms with van der Waals surface area (Å²) in [6.45, 7) is 23.5. The number of ether oxygens (including phenoxy) is 2. The van der Waals surface area contributed by atoms with Crippen LogP contribution in [-0.4, -0.2) is 30.7 Å². The van der Waals surface area contributed by atoms with Crippen molar-refractivity contribution < 1.29 is 18.3 Å². The summed E-state index contributed by atoms with van der Waals surface area (Å²) in [5, 5.41) is 4.14. The highest BCUT2D eigenvalue weighted by molar-refractivity contribution is 7.25. The fourth-order valence-corrected chi connectivity index (χ4v) is 24.7. The lowest BCUT2D eigenvalue weighted by molar-refractivity contribution is 0.301. The van der Waals surface area contributed by atoms with E-state index in [2.05, 4.69) is 93.5 Å². The summed E-state index contributed by atoms with van der Waals surface area (Å²) >= 11 is 27.5. The fraction of sp³-hybridized carbons (Fsp3) is 0.500. The second-order valence-electron chi connectivity index (χ2n) is 29.5. The molecular formula is C88H106Cl2F2N4O2S8. The van der Waals surface area contributed by atoms with Gasteiger partial charge in [0.25, 0.3) is 0 Å². The lowest BCUT2D eigenvalue weighted by Crippen LogP contribution is -2.02. The van der Waals surface area contributed by atoms with Crippen LogP contribution in [0.15, 0.2) is 60.7 Å². The number of benzene rings is 4. The Balaban J connectivity index is 0.904. The van der Waals surface area contributed by atoms with Crippen molar-refractivity contribution in [2.45, 2.75) is 262 Å². The van der Waals surface area contributed by atoms with E-state index in [0.717, 1.165) is 149 Å². The molecule has 0 aliphatic carbocycles. The number of halogens is 4. The zero-order valence-electron chi connectivity index (χ0n) is 63.9. The summed E-state index contributed by atoms with van der Waals surface area (Å²) in [4.78, 5) is 10.2. The van der Waals surface area contributed by atoms with Crippen molar-refractivity contribution in [1.82, 2.24) is 17.5 Å². The molecule has 106 heavy (non-hydrogen) atoms. The van der Waals surface area contributed by atoms with Gasteiger partial charge in [-0.3, -0.25) is 0 Å². The van der Waals surface area contributed by atoms with Crippen LogP contribution in [0.25, 0.3) is 115 Å². The molecule has 8 aromatic heterocycles. The Hall–Kier alpha value is -4.72. The number of thiophene rings is 6. The van der Waals surface area contributed by atoms with Crippen LogP contribution in [0.3, 0.4) is 0 Å². The molecular weight excluding hydrogens is 1510 g/mol. The maximum absolute atomic E-state index is 17.2. The quantitative estimate of drug-likeness (QED) is 0.0355. The maximum Gasteiger partial charge on any atom is 0.168 e. The first-order chi connectivity index (χ1) is 51.7. The van der Waals surface area contributed by atoms with Gasteiger partial charge in [0.1, 0.15) is 33.6 Å². The second kappa shape index (κ2) is 39.0. The number of unbranched alkanes of at least 4 members (excludes halogenated alkanes) is 20. The van der Waals surface area contributed by atoms with Gasteiger partial charge in [0.05, 0.1) is 52.3 Å². The Morgan fingerprint density at radius 3 is 1.25 bits per heavy atom. The molecule has 18 heteroatoms. The van der Waals surface area contributed by atoms with Crippen LogP contribution in [0, 0.1) is 51.2 Å². The standard InChI is InChI=1S/C88H106Cl2F2N4O2S8/c1-11-17-21-23-25-27-29-31-33-35-45-97-85-54(8)74(82-81(56(85)10)93-105-94-82)67-43-41-65(100-67)59-39-40-60(80(92)79(59)91)66-42-44-68(101-66)78-84-83(95-106-96-84)75(55(9)86(78)98-46-36-34-32-30-28-26-24-22-18-12-2)71-50-62-77(73-52-64(90)70(103-73)49-58(16-6)38-20-14-4)87-61(47-53(7)99-87)76(88(62)104-71)72-51-63(89)69(102-72)48-57(15-5)37-19-13-3/h39-44,47,50-52,57-58H,11-38,45-46,48-49H2,1-10H3. The van der Waals surface area contributed by atoms with Crippen LogP contribution in [0.1, 0.15) is 253 Å². The van der Waals surface area contributed by atoms with Crippen LogP contribution in [0.4, 0.5) is 8.78 Å². The first-order valence-corrected chi connectivity index (χ1v) is 46.9. The Bertz CT molecular complexity index is 4770. The molecule has 0 radical (unpaired) electrons.